The molecule has 0 aliphatic carbocycles. The lowest BCUT2D eigenvalue weighted by atomic mass is 9.98. The summed E-state index contributed by atoms with van der Waals surface area (Å²) in [5, 5.41) is 0. The Hall–Kier alpha value is -3.45. The number of benzene rings is 2. The van der Waals surface area contributed by atoms with Gasteiger partial charge in [-0.1, -0.05) is 0 Å². The number of methoxy groups -OCH3 is 1. The first-order chi connectivity index (χ1) is 14.5. The summed E-state index contributed by atoms with van der Waals surface area (Å²) in [5.41, 5.74) is 10.00. The SMILES string of the molecule is COc1ccc2c(c1)N(C)C(C(N)C(=O)c1ccoc1)CN=C2c1ccc(F)cc1. The highest BCUT2D eigenvalue weighted by Crippen LogP contribution is 2.32. The van der Waals surface area contributed by atoms with Crippen LogP contribution < -0.4 is 15.4 Å². The number of rotatable bonds is 5. The van der Waals surface area contributed by atoms with E-state index in [-0.39, 0.29) is 11.6 Å². The molecule has 0 saturated heterocycles. The van der Waals surface area contributed by atoms with Gasteiger partial charge in [-0.05, 0) is 42.5 Å². The first-order valence-electron chi connectivity index (χ1n) is 9.53. The number of nitrogens with zero attached hydrogens (tertiary/aromatic N) is 2. The Kier molecular flexibility index (Phi) is 5.37. The monoisotopic (exact) mass is 407 g/mol. The van der Waals surface area contributed by atoms with Gasteiger partial charge in [-0.15, -0.1) is 0 Å². The number of furan rings is 1. The fraction of sp³-hybridized carbons (Fsp3) is 0.217. The van der Waals surface area contributed by atoms with Crippen molar-refractivity contribution in [1.82, 2.24) is 0 Å². The van der Waals surface area contributed by atoms with E-state index in [9.17, 15) is 9.18 Å². The van der Waals surface area contributed by atoms with Crippen molar-refractivity contribution >= 4 is 17.2 Å². The van der Waals surface area contributed by atoms with E-state index in [2.05, 4.69) is 0 Å². The average molecular weight is 407 g/mol. The minimum absolute atomic E-state index is 0.217. The lowest BCUT2D eigenvalue weighted by Gasteiger charge is -2.32. The predicted octanol–water partition coefficient (Wildman–Crippen LogP) is 3.29. The molecule has 0 bridgehead atoms. The third kappa shape index (κ3) is 3.59. The molecule has 4 rings (SSSR count). The largest absolute Gasteiger partial charge is 0.497 e. The number of nitrogens with two attached hydrogens (primary N) is 1. The number of halogens is 1. The molecule has 154 valence electrons. The predicted molar refractivity (Wildman–Crippen MR) is 113 cm³/mol. The number of carbonyl (C=O) groups excluding carboxylic acids is 1. The van der Waals surface area contributed by atoms with Gasteiger partial charge in [0.1, 0.15) is 17.8 Å². The van der Waals surface area contributed by atoms with Gasteiger partial charge in [-0.2, -0.15) is 0 Å². The van der Waals surface area contributed by atoms with Gasteiger partial charge in [-0.3, -0.25) is 9.79 Å². The molecule has 0 saturated carbocycles. The zero-order valence-corrected chi connectivity index (χ0v) is 16.7. The summed E-state index contributed by atoms with van der Waals surface area (Å²) < 4.78 is 23.9. The number of hydrogen-bond donors (Lipinski definition) is 1. The van der Waals surface area contributed by atoms with Gasteiger partial charge in [0.25, 0.3) is 0 Å². The third-order valence-corrected chi connectivity index (χ3v) is 5.41. The van der Waals surface area contributed by atoms with Crippen LogP contribution in [0.3, 0.4) is 0 Å². The highest BCUT2D eigenvalue weighted by atomic mass is 19.1. The standard InChI is InChI=1S/C23H22FN3O3/c1-27-19-11-17(29-2)7-8-18(19)22(14-3-5-16(24)6-4-14)26-12-20(27)21(25)23(28)15-9-10-30-13-15/h3-11,13,20-21H,12,25H2,1-2H3. The zero-order chi connectivity index (χ0) is 21.3. The maximum absolute atomic E-state index is 13.5. The summed E-state index contributed by atoms with van der Waals surface area (Å²) in [7, 11) is 3.48. The Morgan fingerprint density at radius 2 is 2.03 bits per heavy atom. The number of aliphatic imine (C=N–C) groups is 1. The second-order valence-corrected chi connectivity index (χ2v) is 7.16. The van der Waals surface area contributed by atoms with Crippen LogP contribution in [-0.2, 0) is 0 Å². The van der Waals surface area contributed by atoms with Gasteiger partial charge in [0.2, 0.25) is 0 Å². The number of hydrogen-bond acceptors (Lipinski definition) is 6. The number of benzodiazepines with no additional fused rings is 1. The van der Waals surface area contributed by atoms with Gasteiger partial charge >= 0.3 is 0 Å². The van der Waals surface area contributed by atoms with Gasteiger partial charge < -0.3 is 19.8 Å². The van der Waals surface area contributed by atoms with Crippen LogP contribution >= 0.6 is 0 Å². The molecule has 2 N–H and O–H groups in total. The molecule has 1 aliphatic heterocycles. The number of ketones is 1. The molecule has 0 fully saturated rings. The van der Waals surface area contributed by atoms with Crippen molar-refractivity contribution in [2.45, 2.75) is 12.1 Å². The van der Waals surface area contributed by atoms with E-state index < -0.39 is 12.1 Å². The summed E-state index contributed by atoms with van der Waals surface area (Å²) in [6, 6.07) is 12.2. The van der Waals surface area contributed by atoms with Crippen LogP contribution in [0.15, 0.2) is 70.5 Å². The van der Waals surface area contributed by atoms with E-state index in [1.165, 1.54) is 24.7 Å². The highest BCUT2D eigenvalue weighted by Gasteiger charge is 2.33. The van der Waals surface area contributed by atoms with E-state index in [1.807, 2.05) is 30.1 Å². The molecule has 1 aromatic heterocycles. The molecule has 2 unspecified atom stereocenters. The van der Waals surface area contributed by atoms with Crippen LogP contribution in [-0.4, -0.2) is 44.3 Å². The molecular formula is C23H22FN3O3. The third-order valence-electron chi connectivity index (χ3n) is 5.41. The normalized spacial score (nSPS) is 17.0. The molecule has 2 atom stereocenters. The number of ether oxygens (including phenoxy) is 1. The fourth-order valence-electron chi connectivity index (χ4n) is 3.68. The van der Waals surface area contributed by atoms with Crippen LogP contribution in [0.1, 0.15) is 21.5 Å². The average Bonchev–Trinajstić information content (AvgIpc) is 3.26. The summed E-state index contributed by atoms with van der Waals surface area (Å²) in [6.07, 6.45) is 2.84. The number of anilines is 1. The molecule has 2 heterocycles. The van der Waals surface area contributed by atoms with E-state index in [4.69, 9.17) is 19.9 Å². The molecule has 0 spiro atoms. The molecule has 6 nitrogen and oxygen atoms in total. The highest BCUT2D eigenvalue weighted by molar-refractivity contribution is 6.16. The van der Waals surface area contributed by atoms with Gasteiger partial charge in [0, 0.05) is 29.9 Å². The second-order valence-electron chi connectivity index (χ2n) is 7.16. The summed E-state index contributed by atoms with van der Waals surface area (Å²) >= 11 is 0. The fourth-order valence-corrected chi connectivity index (χ4v) is 3.68. The van der Waals surface area contributed by atoms with Crippen molar-refractivity contribution in [2.24, 2.45) is 10.7 Å². The summed E-state index contributed by atoms with van der Waals surface area (Å²) in [4.78, 5) is 19.6. The molecule has 0 amide bonds. The molecular weight excluding hydrogens is 385 g/mol. The van der Waals surface area contributed by atoms with E-state index >= 15 is 0 Å². The molecule has 3 aromatic rings. The lowest BCUT2D eigenvalue weighted by Crippen LogP contribution is -2.52. The second kappa shape index (κ2) is 8.12. The van der Waals surface area contributed by atoms with E-state index in [0.29, 0.717) is 23.6 Å². The summed E-state index contributed by atoms with van der Waals surface area (Å²) in [5.74, 6) is 0.144. The smallest absolute Gasteiger partial charge is 0.184 e. The Bertz CT molecular complexity index is 1080. The van der Waals surface area contributed by atoms with Crippen LogP contribution in [0.25, 0.3) is 0 Å². The van der Waals surface area contributed by atoms with Crippen molar-refractivity contribution in [3.63, 3.8) is 0 Å². The number of likely N-dealkylation sites (N-methyl/N-ethyl adjacent to an activating group) is 1. The molecule has 2 aromatic carbocycles. The number of carbonyl (C=O) groups is 1. The quantitative estimate of drug-likeness (QED) is 0.657. The van der Waals surface area contributed by atoms with Crippen LogP contribution in [0.2, 0.25) is 0 Å². The Labute approximate surface area is 173 Å². The molecule has 30 heavy (non-hydrogen) atoms. The Morgan fingerprint density at radius 3 is 2.70 bits per heavy atom. The van der Waals surface area contributed by atoms with Crippen molar-refractivity contribution in [3.8, 4) is 5.75 Å². The first-order valence-corrected chi connectivity index (χ1v) is 9.53. The van der Waals surface area contributed by atoms with Crippen LogP contribution in [0, 0.1) is 5.82 Å². The number of Topliss-reactive ketones (excluding diaryl/α,β-unsaturated/α-hetero) is 1. The first kappa shape index (κ1) is 19.8. The minimum atomic E-state index is -0.817. The van der Waals surface area contributed by atoms with Gasteiger partial charge in [-0.25, -0.2) is 4.39 Å². The zero-order valence-electron chi connectivity index (χ0n) is 16.7. The number of fused-ring (bicyclic) bond motifs is 1. The minimum Gasteiger partial charge on any atom is -0.497 e. The maximum Gasteiger partial charge on any atom is 0.184 e. The molecule has 7 heteroatoms. The summed E-state index contributed by atoms with van der Waals surface area (Å²) in [6.45, 7) is 0.297. The molecule has 0 radical (unpaired) electrons. The van der Waals surface area contributed by atoms with Crippen molar-refractivity contribution in [1.29, 1.82) is 0 Å². The Morgan fingerprint density at radius 1 is 1.27 bits per heavy atom. The lowest BCUT2D eigenvalue weighted by molar-refractivity contribution is 0.0949. The van der Waals surface area contributed by atoms with Gasteiger partial charge in [0.15, 0.2) is 5.78 Å². The van der Waals surface area contributed by atoms with Crippen molar-refractivity contribution in [2.75, 3.05) is 25.6 Å². The maximum atomic E-state index is 13.5. The topological polar surface area (TPSA) is 81.1 Å². The Balaban J connectivity index is 1.79. The van der Waals surface area contributed by atoms with Crippen molar-refractivity contribution < 1.29 is 18.3 Å². The van der Waals surface area contributed by atoms with Crippen LogP contribution in [0.5, 0.6) is 5.75 Å². The molecule has 1 aliphatic rings. The van der Waals surface area contributed by atoms with E-state index in [1.54, 1.807) is 25.3 Å². The van der Waals surface area contributed by atoms with Gasteiger partial charge in [0.05, 0.1) is 43.3 Å². The van der Waals surface area contributed by atoms with E-state index in [0.717, 1.165) is 16.8 Å². The van der Waals surface area contributed by atoms with Crippen molar-refractivity contribution in [3.05, 3.63) is 83.6 Å². The van der Waals surface area contributed by atoms with Crippen LogP contribution in [0.4, 0.5) is 10.1 Å².